The zero-order valence-electron chi connectivity index (χ0n) is 34.0. The minimum atomic E-state index is -0.221. The Morgan fingerprint density at radius 2 is 1.03 bits per heavy atom. The molecule has 0 saturated carbocycles. The third-order valence-electron chi connectivity index (χ3n) is 14.2. The van der Waals surface area contributed by atoms with Crippen molar-refractivity contribution in [1.29, 1.82) is 0 Å². The Morgan fingerprint density at radius 3 is 1.85 bits per heavy atom. The van der Waals surface area contributed by atoms with Gasteiger partial charge >= 0.3 is 0 Å². The highest BCUT2D eigenvalue weighted by Gasteiger charge is 2.42. The summed E-state index contributed by atoms with van der Waals surface area (Å²) in [5.74, 6) is 0. The smallest absolute Gasteiger partial charge is 0.0646 e. The summed E-state index contributed by atoms with van der Waals surface area (Å²) in [6.07, 6.45) is 6.04. The zero-order valence-corrected chi connectivity index (χ0v) is 34.0. The van der Waals surface area contributed by atoms with E-state index in [2.05, 4.69) is 218 Å². The van der Waals surface area contributed by atoms with Gasteiger partial charge in [-0.2, -0.15) is 0 Å². The van der Waals surface area contributed by atoms with Crippen LogP contribution < -0.4 is 0 Å². The van der Waals surface area contributed by atoms with Gasteiger partial charge in [0.1, 0.15) is 0 Å². The van der Waals surface area contributed by atoms with Crippen molar-refractivity contribution in [2.24, 2.45) is 0 Å². The normalized spacial score (nSPS) is 17.2. The lowest BCUT2D eigenvalue weighted by Crippen LogP contribution is -2.31. The van der Waals surface area contributed by atoms with Crippen LogP contribution in [0.5, 0.6) is 0 Å². The second kappa shape index (κ2) is 12.0. The molecular formula is C58H42N2. The summed E-state index contributed by atoms with van der Waals surface area (Å²) in [6, 6.07) is 65.8. The molecule has 0 N–H and O–H groups in total. The van der Waals surface area contributed by atoms with Crippen LogP contribution in [-0.2, 0) is 11.0 Å². The Hall–Kier alpha value is -7.16. The van der Waals surface area contributed by atoms with E-state index in [1.54, 1.807) is 0 Å². The molecule has 2 nitrogen and oxygen atoms in total. The molecule has 0 bridgehead atoms. The number of allylic oxidation sites excluding steroid dienone is 4. The third-order valence-corrected chi connectivity index (χ3v) is 14.2. The van der Waals surface area contributed by atoms with Gasteiger partial charge in [0.15, 0.2) is 0 Å². The van der Waals surface area contributed by atoms with Crippen molar-refractivity contribution in [1.82, 2.24) is 9.13 Å². The topological polar surface area (TPSA) is 9.86 Å². The van der Waals surface area contributed by atoms with Gasteiger partial charge in [-0.1, -0.05) is 159 Å². The molecule has 2 aromatic heterocycles. The molecular weight excluding hydrogens is 725 g/mol. The molecule has 1 atom stereocenters. The van der Waals surface area contributed by atoms with Crippen molar-refractivity contribution in [2.75, 3.05) is 0 Å². The molecule has 3 heterocycles. The van der Waals surface area contributed by atoms with Gasteiger partial charge in [-0.05, 0) is 111 Å². The fraction of sp³-hybridized carbons (Fsp3) is 0.103. The van der Waals surface area contributed by atoms with Gasteiger partial charge in [-0.3, -0.25) is 0 Å². The third kappa shape index (κ3) is 4.48. The first-order valence-corrected chi connectivity index (χ1v) is 21.3. The molecule has 0 fully saturated rings. The van der Waals surface area contributed by atoms with Gasteiger partial charge in [-0.25, -0.2) is 0 Å². The van der Waals surface area contributed by atoms with E-state index in [4.69, 9.17) is 0 Å². The highest BCUT2D eigenvalue weighted by Crippen LogP contribution is 2.54. The molecule has 0 radical (unpaired) electrons. The number of nitrogens with zero attached hydrogens (tertiary/aromatic N) is 2. The average Bonchev–Trinajstić information content (AvgIpc) is 3.85. The van der Waals surface area contributed by atoms with Crippen molar-refractivity contribution in [3.05, 3.63) is 205 Å². The van der Waals surface area contributed by atoms with Gasteiger partial charge in [-0.15, -0.1) is 0 Å². The number of para-hydroxylation sites is 2. The van der Waals surface area contributed by atoms with Crippen LogP contribution in [0, 0.1) is 0 Å². The molecule has 2 aliphatic carbocycles. The molecule has 0 saturated heterocycles. The monoisotopic (exact) mass is 766 g/mol. The maximum absolute atomic E-state index is 2.62. The van der Waals surface area contributed by atoms with Crippen LogP contribution in [0.2, 0.25) is 0 Å². The van der Waals surface area contributed by atoms with E-state index in [9.17, 15) is 0 Å². The van der Waals surface area contributed by atoms with Crippen molar-refractivity contribution in [3.8, 4) is 50.2 Å². The second-order valence-corrected chi connectivity index (χ2v) is 17.9. The predicted molar refractivity (Wildman–Crippen MR) is 253 cm³/mol. The molecule has 284 valence electrons. The van der Waals surface area contributed by atoms with Gasteiger partial charge < -0.3 is 9.13 Å². The Labute approximate surface area is 350 Å². The minimum Gasteiger partial charge on any atom is -0.331 e. The van der Waals surface area contributed by atoms with Gasteiger partial charge in [0, 0.05) is 49.1 Å². The Bertz CT molecular complexity index is 3550. The van der Waals surface area contributed by atoms with Crippen molar-refractivity contribution in [2.45, 2.75) is 38.1 Å². The lowest BCUT2D eigenvalue weighted by molar-refractivity contribution is 0.430. The summed E-state index contributed by atoms with van der Waals surface area (Å²) in [4.78, 5) is 0. The summed E-state index contributed by atoms with van der Waals surface area (Å²) in [5.41, 5.74) is 21.6. The van der Waals surface area contributed by atoms with Crippen LogP contribution in [0.15, 0.2) is 194 Å². The molecule has 10 aromatic rings. The van der Waals surface area contributed by atoms with Crippen molar-refractivity contribution < 1.29 is 0 Å². The number of hydrogen-bond donors (Lipinski definition) is 0. The maximum Gasteiger partial charge on any atom is 0.0646 e. The quantitative estimate of drug-likeness (QED) is 0.169. The second-order valence-electron chi connectivity index (χ2n) is 17.9. The fourth-order valence-electron chi connectivity index (χ4n) is 11.3. The summed E-state index contributed by atoms with van der Waals surface area (Å²) in [5, 5.41) is 5.14. The molecule has 60 heavy (non-hydrogen) atoms. The number of aromatic nitrogens is 2. The summed E-state index contributed by atoms with van der Waals surface area (Å²) in [7, 11) is 0. The molecule has 13 rings (SSSR count). The van der Waals surface area contributed by atoms with E-state index in [0.717, 1.165) is 6.42 Å². The van der Waals surface area contributed by atoms with Gasteiger partial charge in [0.2, 0.25) is 0 Å². The SMILES string of the molecule is CC1(C)C2=CC(C)(n3c4ccccc4c4cc(-c5ccc6c(c5)c5cccc7c5n6-c5ccc(-c6ccccc6)cc5-c5ccccc5-7)ccc43)CC=C2c2ccccc21. The number of fused-ring (bicyclic) bond motifs is 14. The van der Waals surface area contributed by atoms with E-state index in [-0.39, 0.29) is 11.0 Å². The van der Waals surface area contributed by atoms with Crippen molar-refractivity contribution >= 4 is 49.2 Å². The fourth-order valence-corrected chi connectivity index (χ4v) is 11.3. The highest BCUT2D eigenvalue weighted by atomic mass is 15.1. The summed E-state index contributed by atoms with van der Waals surface area (Å²) in [6.45, 7) is 7.21. The largest absolute Gasteiger partial charge is 0.331 e. The van der Waals surface area contributed by atoms with Crippen LogP contribution in [0.4, 0.5) is 0 Å². The Kier molecular flexibility index (Phi) is 6.73. The van der Waals surface area contributed by atoms with E-state index in [1.807, 2.05) is 0 Å². The average molecular weight is 767 g/mol. The molecule has 1 unspecified atom stereocenters. The minimum absolute atomic E-state index is 0.0479. The Balaban J connectivity index is 0.984. The number of rotatable bonds is 3. The van der Waals surface area contributed by atoms with Gasteiger partial charge in [0.25, 0.3) is 0 Å². The number of benzene rings is 8. The van der Waals surface area contributed by atoms with E-state index in [0.29, 0.717) is 0 Å². The number of hydrogen-bond acceptors (Lipinski definition) is 0. The lowest BCUT2D eigenvalue weighted by Gasteiger charge is -2.36. The van der Waals surface area contributed by atoms with Crippen LogP contribution in [0.3, 0.4) is 0 Å². The first kappa shape index (κ1) is 33.8. The maximum atomic E-state index is 2.62. The van der Waals surface area contributed by atoms with E-state index >= 15 is 0 Å². The summed E-state index contributed by atoms with van der Waals surface area (Å²) < 4.78 is 5.14. The van der Waals surface area contributed by atoms with Crippen LogP contribution in [0.25, 0.3) is 99.4 Å². The van der Waals surface area contributed by atoms with E-state index in [1.165, 1.54) is 116 Å². The first-order valence-electron chi connectivity index (χ1n) is 21.3. The Morgan fingerprint density at radius 1 is 0.433 bits per heavy atom. The predicted octanol–water partition coefficient (Wildman–Crippen LogP) is 15.3. The molecule has 0 amide bonds. The zero-order chi connectivity index (χ0) is 39.9. The standard InChI is InChI=1S/C58H42N2/c1-57(2)50-22-11-9-18-42(50)43-30-31-58(3,35-51(43)57)60-54-23-12-10-19-44(54)48-33-39(26-29-55(48)60)38-25-28-53-49(34-38)46-21-13-20-45-40-16-7-8-17-41(40)47-32-37(36-14-5-4-6-15-36)24-27-52(47)59(53)56(45)46/h4-30,32-35H,31H2,1-3H3. The van der Waals surface area contributed by atoms with Crippen LogP contribution in [0.1, 0.15) is 38.3 Å². The highest BCUT2D eigenvalue weighted by molar-refractivity contribution is 6.17. The van der Waals surface area contributed by atoms with E-state index < -0.39 is 0 Å². The van der Waals surface area contributed by atoms with Crippen LogP contribution >= 0.6 is 0 Å². The molecule has 8 aromatic carbocycles. The van der Waals surface area contributed by atoms with Gasteiger partial charge in [0.05, 0.1) is 22.3 Å². The molecule has 0 spiro atoms. The molecule has 3 aliphatic rings. The molecule has 1 aliphatic heterocycles. The van der Waals surface area contributed by atoms with Crippen LogP contribution in [-0.4, -0.2) is 9.13 Å². The lowest BCUT2D eigenvalue weighted by atomic mass is 9.76. The van der Waals surface area contributed by atoms with Crippen molar-refractivity contribution in [3.63, 3.8) is 0 Å². The molecule has 2 heteroatoms. The summed E-state index contributed by atoms with van der Waals surface area (Å²) >= 11 is 0. The first-order chi connectivity index (χ1) is 29.4.